The van der Waals surface area contributed by atoms with E-state index < -0.39 is 97.5 Å². The largest absolute Gasteiger partial charge is 0.472 e. The summed E-state index contributed by atoms with van der Waals surface area (Å²) in [5.41, 5.74) is 0. The number of phosphoric ester groups is 2. The number of phosphoric acid groups is 2. The molecule has 94 heavy (non-hydrogen) atoms. The number of esters is 4. The Morgan fingerprint density at radius 1 is 0.266 bits per heavy atom. The Bertz CT molecular complexity index is 1850. The molecule has 0 aliphatic rings. The minimum Gasteiger partial charge on any atom is -0.462 e. The molecule has 19 heteroatoms. The van der Waals surface area contributed by atoms with Gasteiger partial charge in [-0.15, -0.1) is 0 Å². The van der Waals surface area contributed by atoms with Gasteiger partial charge in [0.05, 0.1) is 26.4 Å². The lowest BCUT2D eigenvalue weighted by Crippen LogP contribution is -2.30. The molecule has 0 saturated carbocycles. The zero-order valence-corrected chi connectivity index (χ0v) is 63.4. The average molecular weight is 1380 g/mol. The molecule has 5 atom stereocenters. The monoisotopic (exact) mass is 1380 g/mol. The summed E-state index contributed by atoms with van der Waals surface area (Å²) in [5, 5.41) is 10.6. The van der Waals surface area contributed by atoms with Gasteiger partial charge in [-0.2, -0.15) is 0 Å². The summed E-state index contributed by atoms with van der Waals surface area (Å²) in [6, 6.07) is 0. The smallest absolute Gasteiger partial charge is 0.462 e. The van der Waals surface area contributed by atoms with Crippen LogP contribution in [0.25, 0.3) is 0 Å². The number of carbonyl (C=O) groups excluding carboxylic acids is 4. The number of aliphatic hydroxyl groups is 1. The van der Waals surface area contributed by atoms with E-state index in [1.54, 1.807) is 0 Å². The van der Waals surface area contributed by atoms with Gasteiger partial charge in [0.1, 0.15) is 19.3 Å². The Hall–Kier alpha value is -1.94. The molecule has 0 saturated heterocycles. The van der Waals surface area contributed by atoms with Crippen LogP contribution >= 0.6 is 15.6 Å². The fourth-order valence-corrected chi connectivity index (χ4v) is 13.0. The second-order valence-corrected chi connectivity index (χ2v) is 31.9. The Morgan fingerprint density at radius 2 is 0.447 bits per heavy atom. The van der Waals surface area contributed by atoms with Crippen LogP contribution in [0.5, 0.6) is 0 Å². The van der Waals surface area contributed by atoms with E-state index in [1.165, 1.54) is 167 Å². The van der Waals surface area contributed by atoms with Gasteiger partial charge in [0.15, 0.2) is 12.2 Å². The second-order valence-electron chi connectivity index (χ2n) is 28.9. The van der Waals surface area contributed by atoms with Crippen LogP contribution in [0.1, 0.15) is 376 Å². The fourth-order valence-electron chi connectivity index (χ4n) is 11.4. The van der Waals surface area contributed by atoms with Crippen molar-refractivity contribution >= 4 is 39.5 Å². The van der Waals surface area contributed by atoms with Gasteiger partial charge in [-0.05, 0) is 49.4 Å². The van der Waals surface area contributed by atoms with Gasteiger partial charge in [0.2, 0.25) is 0 Å². The van der Waals surface area contributed by atoms with Crippen LogP contribution < -0.4 is 0 Å². The predicted molar refractivity (Wildman–Crippen MR) is 381 cm³/mol. The molecule has 0 aromatic carbocycles. The molecule has 0 aliphatic carbocycles. The number of carbonyl (C=O) groups is 4. The molecule has 0 aromatic heterocycles. The van der Waals surface area contributed by atoms with E-state index in [0.717, 1.165) is 115 Å². The van der Waals surface area contributed by atoms with E-state index in [1.807, 2.05) is 0 Å². The summed E-state index contributed by atoms with van der Waals surface area (Å²) in [6.07, 6.45) is 49.0. The summed E-state index contributed by atoms with van der Waals surface area (Å²) in [5.74, 6) is 0.829. The lowest BCUT2D eigenvalue weighted by atomic mass is 10.0. The SMILES string of the molecule is CC(C)CCCCCCCCCCCCCCCCCCCCC(=O)O[C@H](COC(=O)CCCCCCCCC(C)C)COP(=O)(O)OCC(O)COP(=O)(O)OC[C@@H](COC(=O)CCCCCCCCC(C)C)OC(=O)CCCCCCCCCCCCCCC(C)C. The first-order chi connectivity index (χ1) is 45.1. The Labute approximate surface area is 575 Å². The highest BCUT2D eigenvalue weighted by Gasteiger charge is 2.30. The quantitative estimate of drug-likeness (QED) is 0.0222. The van der Waals surface area contributed by atoms with E-state index in [2.05, 4.69) is 55.4 Å². The fraction of sp³-hybridized carbons (Fsp3) is 0.947. The number of ether oxygens (including phenoxy) is 4. The number of unbranched alkanes of at least 4 members (excludes halogenated alkanes) is 38. The standard InChI is InChI=1S/C75H146O17P2/c1-65(2)51-43-35-27-23-19-15-13-11-9-10-12-14-16-21-25-29-41-49-57-74(79)91-70(61-85-72(77)55-47-39-33-31-37-45-53-67(5)6)63-89-93(81,82)87-59-69(76)60-88-94(83,84)90-64-71(62-86-73(78)56-48-40-34-32-38-46-54-68(7)8)92-75(80)58-50-42-30-26-22-18-17-20-24-28-36-44-52-66(3)4/h65-71,76H,9-64H2,1-8H3,(H,81,82)(H,83,84)/t69?,70-,71-/m1/s1. The van der Waals surface area contributed by atoms with Gasteiger partial charge in [-0.25, -0.2) is 9.13 Å². The predicted octanol–water partition coefficient (Wildman–Crippen LogP) is 21.7. The third-order valence-electron chi connectivity index (χ3n) is 17.3. The number of hydrogen-bond acceptors (Lipinski definition) is 15. The van der Waals surface area contributed by atoms with Gasteiger partial charge in [-0.1, -0.05) is 325 Å². The molecule has 0 heterocycles. The molecule has 3 N–H and O–H groups in total. The summed E-state index contributed by atoms with van der Waals surface area (Å²) in [7, 11) is -9.91. The second kappa shape index (κ2) is 64.4. The summed E-state index contributed by atoms with van der Waals surface area (Å²) in [4.78, 5) is 72.6. The van der Waals surface area contributed by atoms with Crippen LogP contribution in [0.4, 0.5) is 0 Å². The average Bonchev–Trinajstić information content (AvgIpc) is 3.14. The molecule has 0 aromatic rings. The van der Waals surface area contributed by atoms with Gasteiger partial charge < -0.3 is 33.8 Å². The van der Waals surface area contributed by atoms with E-state index in [0.29, 0.717) is 37.5 Å². The van der Waals surface area contributed by atoms with Crippen LogP contribution in [0.2, 0.25) is 0 Å². The van der Waals surface area contributed by atoms with Crippen molar-refractivity contribution in [1.82, 2.24) is 0 Å². The van der Waals surface area contributed by atoms with Crippen LogP contribution in [-0.2, 0) is 65.4 Å². The Balaban J connectivity index is 5.15. The molecular weight excluding hydrogens is 1230 g/mol. The lowest BCUT2D eigenvalue weighted by Gasteiger charge is -2.21. The molecule has 0 bridgehead atoms. The molecular formula is C75H146O17P2. The number of rotatable bonds is 72. The maximum absolute atomic E-state index is 13.0. The molecule has 0 radical (unpaired) electrons. The Kier molecular flexibility index (Phi) is 63.1. The molecule has 0 aliphatic heterocycles. The first-order valence-electron chi connectivity index (χ1n) is 38.7. The van der Waals surface area contributed by atoms with Crippen molar-refractivity contribution in [2.45, 2.75) is 395 Å². The normalized spacial score (nSPS) is 14.2. The van der Waals surface area contributed by atoms with Crippen molar-refractivity contribution in [3.05, 3.63) is 0 Å². The molecule has 0 fully saturated rings. The third kappa shape index (κ3) is 68.6. The van der Waals surface area contributed by atoms with E-state index in [9.17, 15) is 43.2 Å². The molecule has 558 valence electrons. The summed E-state index contributed by atoms with van der Waals surface area (Å²) < 4.78 is 68.4. The molecule has 0 spiro atoms. The molecule has 0 amide bonds. The van der Waals surface area contributed by atoms with Crippen molar-refractivity contribution in [1.29, 1.82) is 0 Å². The molecule has 0 rings (SSSR count). The Morgan fingerprint density at radius 3 is 0.660 bits per heavy atom. The van der Waals surface area contributed by atoms with Crippen LogP contribution in [-0.4, -0.2) is 96.7 Å². The first kappa shape index (κ1) is 92.1. The van der Waals surface area contributed by atoms with Crippen LogP contribution in [0, 0.1) is 23.7 Å². The highest BCUT2D eigenvalue weighted by Crippen LogP contribution is 2.45. The van der Waals surface area contributed by atoms with Crippen molar-refractivity contribution in [3.63, 3.8) is 0 Å². The van der Waals surface area contributed by atoms with Crippen molar-refractivity contribution in [2.24, 2.45) is 23.7 Å². The van der Waals surface area contributed by atoms with Gasteiger partial charge in [-0.3, -0.25) is 37.3 Å². The molecule has 3 unspecified atom stereocenters. The minimum atomic E-state index is -4.95. The zero-order valence-electron chi connectivity index (χ0n) is 61.6. The number of hydrogen-bond donors (Lipinski definition) is 3. The van der Waals surface area contributed by atoms with Crippen molar-refractivity contribution < 1.29 is 80.2 Å². The number of aliphatic hydroxyl groups excluding tert-OH is 1. The maximum atomic E-state index is 13.0. The third-order valence-corrected chi connectivity index (χ3v) is 19.2. The van der Waals surface area contributed by atoms with E-state index in [4.69, 9.17) is 37.0 Å². The highest BCUT2D eigenvalue weighted by atomic mass is 31.2. The first-order valence-corrected chi connectivity index (χ1v) is 41.7. The lowest BCUT2D eigenvalue weighted by molar-refractivity contribution is -0.161. The highest BCUT2D eigenvalue weighted by molar-refractivity contribution is 7.47. The van der Waals surface area contributed by atoms with Crippen molar-refractivity contribution in [3.8, 4) is 0 Å². The maximum Gasteiger partial charge on any atom is 0.472 e. The van der Waals surface area contributed by atoms with Crippen LogP contribution in [0.15, 0.2) is 0 Å². The van der Waals surface area contributed by atoms with Crippen LogP contribution in [0.3, 0.4) is 0 Å². The molecule has 17 nitrogen and oxygen atoms in total. The zero-order chi connectivity index (χ0) is 69.6. The van der Waals surface area contributed by atoms with E-state index >= 15 is 0 Å². The summed E-state index contributed by atoms with van der Waals surface area (Å²) >= 11 is 0. The topological polar surface area (TPSA) is 237 Å². The van der Waals surface area contributed by atoms with Crippen molar-refractivity contribution in [2.75, 3.05) is 39.6 Å². The van der Waals surface area contributed by atoms with Gasteiger partial charge >= 0.3 is 39.5 Å². The van der Waals surface area contributed by atoms with Gasteiger partial charge in [0.25, 0.3) is 0 Å². The van der Waals surface area contributed by atoms with E-state index in [-0.39, 0.29) is 25.7 Å². The summed E-state index contributed by atoms with van der Waals surface area (Å²) in [6.45, 7) is 14.1. The van der Waals surface area contributed by atoms with Gasteiger partial charge in [0, 0.05) is 25.7 Å². The minimum absolute atomic E-state index is 0.105.